The summed E-state index contributed by atoms with van der Waals surface area (Å²) < 4.78 is 0. The lowest BCUT2D eigenvalue weighted by Crippen LogP contribution is -2.21. The van der Waals surface area contributed by atoms with Crippen molar-refractivity contribution in [2.75, 3.05) is 25.0 Å². The Kier molecular flexibility index (Phi) is 4.82. The highest BCUT2D eigenvalue weighted by atomic mass is 32.1. The van der Waals surface area contributed by atoms with Gasteiger partial charge in [0.15, 0.2) is 0 Å². The van der Waals surface area contributed by atoms with E-state index in [9.17, 15) is 0 Å². The number of hydrogen-bond acceptors (Lipinski definition) is 5. The minimum Gasteiger partial charge on any atom is -0.360 e. The fraction of sp³-hybridized carbons (Fsp3) is 0.778. The van der Waals surface area contributed by atoms with Crippen LogP contribution in [0.1, 0.15) is 25.8 Å². The summed E-state index contributed by atoms with van der Waals surface area (Å²) in [6, 6.07) is 0. The zero-order valence-corrected chi connectivity index (χ0v) is 9.89. The van der Waals surface area contributed by atoms with E-state index >= 15 is 0 Å². The Morgan fingerprint density at radius 1 is 1.21 bits per heavy atom. The molecular weight excluding hydrogens is 196 g/mol. The van der Waals surface area contributed by atoms with E-state index in [-0.39, 0.29) is 0 Å². The highest BCUT2D eigenvalue weighted by Crippen LogP contribution is 2.16. The van der Waals surface area contributed by atoms with Crippen LogP contribution in [0, 0.1) is 0 Å². The molecule has 80 valence electrons. The predicted molar refractivity (Wildman–Crippen MR) is 60.7 cm³/mol. The Morgan fingerprint density at radius 2 is 1.93 bits per heavy atom. The van der Waals surface area contributed by atoms with Crippen LogP contribution in [-0.4, -0.2) is 34.7 Å². The van der Waals surface area contributed by atoms with E-state index in [0.29, 0.717) is 0 Å². The second kappa shape index (κ2) is 5.93. The minimum atomic E-state index is 0.903. The van der Waals surface area contributed by atoms with Crippen molar-refractivity contribution in [3.8, 4) is 0 Å². The van der Waals surface area contributed by atoms with Crippen LogP contribution in [0.3, 0.4) is 0 Å². The number of aromatic nitrogens is 2. The Labute approximate surface area is 89.3 Å². The molecule has 14 heavy (non-hydrogen) atoms. The van der Waals surface area contributed by atoms with Gasteiger partial charge in [0.05, 0.1) is 6.54 Å². The molecular formula is C9H18N4S. The number of rotatable bonds is 6. The molecule has 0 spiro atoms. The summed E-state index contributed by atoms with van der Waals surface area (Å²) in [5.41, 5.74) is 0. The molecule has 0 aliphatic heterocycles. The number of nitrogens with zero attached hydrogens (tertiary/aromatic N) is 3. The summed E-state index contributed by atoms with van der Waals surface area (Å²) in [5, 5.41) is 13.4. The van der Waals surface area contributed by atoms with Gasteiger partial charge in [-0.2, -0.15) is 0 Å². The Balaban J connectivity index is 2.49. The average Bonchev–Trinajstić information content (AvgIpc) is 2.63. The van der Waals surface area contributed by atoms with Crippen molar-refractivity contribution in [3.63, 3.8) is 0 Å². The molecule has 0 saturated heterocycles. The second-order valence-corrected chi connectivity index (χ2v) is 4.05. The van der Waals surface area contributed by atoms with E-state index < -0.39 is 0 Å². The minimum absolute atomic E-state index is 0.903. The molecule has 0 radical (unpaired) electrons. The smallest absolute Gasteiger partial charge is 0.205 e. The standard InChI is InChI=1S/C9H18N4S/c1-4-10-9-12-11-8(14-9)7-13(5-2)6-3/h4-7H2,1-3H3,(H,10,12). The van der Waals surface area contributed by atoms with Crippen molar-refractivity contribution in [3.05, 3.63) is 5.01 Å². The third kappa shape index (κ3) is 3.23. The lowest BCUT2D eigenvalue weighted by Gasteiger charge is -2.15. The van der Waals surface area contributed by atoms with Gasteiger partial charge in [-0.05, 0) is 20.0 Å². The van der Waals surface area contributed by atoms with Crippen LogP contribution in [-0.2, 0) is 6.54 Å². The van der Waals surface area contributed by atoms with Gasteiger partial charge in [-0.15, -0.1) is 10.2 Å². The Morgan fingerprint density at radius 3 is 2.50 bits per heavy atom. The van der Waals surface area contributed by atoms with Crippen molar-refractivity contribution >= 4 is 16.5 Å². The third-order valence-corrected chi connectivity index (χ3v) is 2.91. The van der Waals surface area contributed by atoms with Crippen LogP contribution in [0.15, 0.2) is 0 Å². The van der Waals surface area contributed by atoms with Gasteiger partial charge in [-0.1, -0.05) is 25.2 Å². The fourth-order valence-corrected chi connectivity index (χ4v) is 2.03. The van der Waals surface area contributed by atoms with Crippen molar-refractivity contribution in [1.29, 1.82) is 0 Å². The first-order valence-electron chi connectivity index (χ1n) is 5.08. The highest BCUT2D eigenvalue weighted by molar-refractivity contribution is 7.15. The molecule has 4 nitrogen and oxygen atoms in total. The zero-order chi connectivity index (χ0) is 10.4. The van der Waals surface area contributed by atoms with Gasteiger partial charge in [-0.3, -0.25) is 4.90 Å². The van der Waals surface area contributed by atoms with Crippen molar-refractivity contribution in [2.45, 2.75) is 27.3 Å². The lowest BCUT2D eigenvalue weighted by molar-refractivity contribution is 0.294. The molecule has 0 aliphatic rings. The monoisotopic (exact) mass is 214 g/mol. The lowest BCUT2D eigenvalue weighted by atomic mass is 10.5. The molecule has 5 heteroatoms. The summed E-state index contributed by atoms with van der Waals surface area (Å²) in [6.07, 6.45) is 0. The molecule has 0 aliphatic carbocycles. The summed E-state index contributed by atoms with van der Waals surface area (Å²) in [7, 11) is 0. The van der Waals surface area contributed by atoms with Gasteiger partial charge in [0.25, 0.3) is 0 Å². The van der Waals surface area contributed by atoms with Gasteiger partial charge in [0.2, 0.25) is 5.13 Å². The van der Waals surface area contributed by atoms with Gasteiger partial charge in [0, 0.05) is 6.54 Å². The molecule has 1 heterocycles. The number of nitrogens with one attached hydrogen (secondary N) is 1. The van der Waals surface area contributed by atoms with Gasteiger partial charge in [0.1, 0.15) is 5.01 Å². The van der Waals surface area contributed by atoms with Gasteiger partial charge in [-0.25, -0.2) is 0 Å². The first kappa shape index (κ1) is 11.4. The van der Waals surface area contributed by atoms with Crippen molar-refractivity contribution in [2.24, 2.45) is 0 Å². The molecule has 0 fully saturated rings. The van der Waals surface area contributed by atoms with E-state index in [1.807, 2.05) is 0 Å². The molecule has 1 N–H and O–H groups in total. The summed E-state index contributed by atoms with van der Waals surface area (Å²) in [5.74, 6) is 0. The average molecular weight is 214 g/mol. The number of hydrogen-bond donors (Lipinski definition) is 1. The van der Waals surface area contributed by atoms with Crippen LogP contribution < -0.4 is 5.32 Å². The number of anilines is 1. The van der Waals surface area contributed by atoms with Crippen LogP contribution in [0.5, 0.6) is 0 Å². The molecule has 1 aromatic heterocycles. The topological polar surface area (TPSA) is 41.1 Å². The Bertz CT molecular complexity index is 257. The quantitative estimate of drug-likeness (QED) is 0.784. The molecule has 0 bridgehead atoms. The molecule has 1 rings (SSSR count). The van der Waals surface area contributed by atoms with E-state index in [1.165, 1.54) is 0 Å². The highest BCUT2D eigenvalue weighted by Gasteiger charge is 2.06. The summed E-state index contributed by atoms with van der Waals surface area (Å²) in [6.45, 7) is 10.3. The van der Waals surface area contributed by atoms with Crippen LogP contribution in [0.4, 0.5) is 5.13 Å². The van der Waals surface area contributed by atoms with Gasteiger partial charge >= 0.3 is 0 Å². The molecule has 0 saturated carbocycles. The van der Waals surface area contributed by atoms with Gasteiger partial charge < -0.3 is 5.32 Å². The van der Waals surface area contributed by atoms with E-state index in [1.54, 1.807) is 11.3 Å². The van der Waals surface area contributed by atoms with E-state index in [2.05, 4.69) is 41.2 Å². The van der Waals surface area contributed by atoms with Crippen LogP contribution in [0.2, 0.25) is 0 Å². The first-order chi connectivity index (χ1) is 6.80. The molecule has 0 amide bonds. The normalized spacial score (nSPS) is 10.9. The molecule has 0 atom stereocenters. The van der Waals surface area contributed by atoms with Crippen molar-refractivity contribution in [1.82, 2.24) is 15.1 Å². The van der Waals surface area contributed by atoms with E-state index in [0.717, 1.165) is 36.3 Å². The largest absolute Gasteiger partial charge is 0.360 e. The summed E-state index contributed by atoms with van der Waals surface area (Å²) in [4.78, 5) is 2.33. The van der Waals surface area contributed by atoms with Crippen LogP contribution in [0.25, 0.3) is 0 Å². The fourth-order valence-electron chi connectivity index (χ4n) is 1.18. The van der Waals surface area contributed by atoms with E-state index in [4.69, 9.17) is 0 Å². The molecule has 0 aromatic carbocycles. The molecule has 0 unspecified atom stereocenters. The first-order valence-corrected chi connectivity index (χ1v) is 5.90. The molecule has 1 aromatic rings. The summed E-state index contributed by atoms with van der Waals surface area (Å²) >= 11 is 1.64. The maximum atomic E-state index is 4.13. The maximum Gasteiger partial charge on any atom is 0.205 e. The predicted octanol–water partition coefficient (Wildman–Crippen LogP) is 1.81. The Hall–Kier alpha value is -0.680. The third-order valence-electron chi connectivity index (χ3n) is 2.05. The SMILES string of the molecule is CCNc1nnc(CN(CC)CC)s1. The maximum absolute atomic E-state index is 4.13. The zero-order valence-electron chi connectivity index (χ0n) is 9.08. The second-order valence-electron chi connectivity index (χ2n) is 2.99. The van der Waals surface area contributed by atoms with Crippen molar-refractivity contribution < 1.29 is 0 Å². The van der Waals surface area contributed by atoms with Crippen LogP contribution >= 0.6 is 11.3 Å².